The topological polar surface area (TPSA) is 46.3 Å². The molecule has 0 aromatic heterocycles. The van der Waals surface area contributed by atoms with Crippen molar-refractivity contribution in [1.29, 1.82) is 0 Å². The Balaban J connectivity index is 2.53. The number of nitrogens with two attached hydrogens (primary N) is 1. The van der Waals surface area contributed by atoms with E-state index in [0.29, 0.717) is 6.42 Å². The first-order chi connectivity index (χ1) is 9.32. The number of nitrogens with zero attached hydrogens (tertiary/aromatic N) is 1. The van der Waals surface area contributed by atoms with Gasteiger partial charge in [-0.05, 0) is 51.7 Å². The van der Waals surface area contributed by atoms with Crippen molar-refractivity contribution < 1.29 is 4.79 Å². The molecule has 110 valence electrons. The molecule has 20 heavy (non-hydrogen) atoms. The van der Waals surface area contributed by atoms with Crippen LogP contribution >= 0.6 is 0 Å². The van der Waals surface area contributed by atoms with Crippen LogP contribution in [0.25, 0.3) is 0 Å². The van der Waals surface area contributed by atoms with Gasteiger partial charge in [0.05, 0.1) is 6.04 Å². The van der Waals surface area contributed by atoms with Gasteiger partial charge < -0.3 is 10.6 Å². The lowest BCUT2D eigenvalue weighted by Crippen LogP contribution is -2.51. The molecule has 2 rings (SSSR count). The second kappa shape index (κ2) is 5.57. The minimum Gasteiger partial charge on any atom is -0.329 e. The summed E-state index contributed by atoms with van der Waals surface area (Å²) in [7, 11) is 0. The number of carbonyl (C=O) groups is 1. The summed E-state index contributed by atoms with van der Waals surface area (Å²) in [6, 6.07) is 8.25. The highest BCUT2D eigenvalue weighted by Gasteiger charge is 2.39. The quantitative estimate of drug-likeness (QED) is 0.855. The van der Waals surface area contributed by atoms with E-state index in [9.17, 15) is 4.79 Å². The van der Waals surface area contributed by atoms with E-state index in [1.54, 1.807) is 0 Å². The van der Waals surface area contributed by atoms with Gasteiger partial charge in [-0.1, -0.05) is 24.3 Å². The van der Waals surface area contributed by atoms with E-state index in [-0.39, 0.29) is 23.5 Å². The molecule has 1 saturated heterocycles. The predicted molar refractivity (Wildman–Crippen MR) is 82.3 cm³/mol. The van der Waals surface area contributed by atoms with Crippen LogP contribution in [0.2, 0.25) is 0 Å². The maximum absolute atomic E-state index is 12.6. The van der Waals surface area contributed by atoms with Crippen LogP contribution in [0.5, 0.6) is 0 Å². The number of aryl methyl sites for hydroxylation is 1. The molecule has 1 amide bonds. The zero-order chi connectivity index (χ0) is 14.9. The van der Waals surface area contributed by atoms with Crippen LogP contribution in [0.3, 0.4) is 0 Å². The van der Waals surface area contributed by atoms with Gasteiger partial charge in [-0.15, -0.1) is 0 Å². The SMILES string of the molecule is Cc1ccccc1C1C(N)CCCC(=O)N1C(C)(C)C. The average molecular weight is 274 g/mol. The second-order valence-electron chi connectivity index (χ2n) is 6.79. The molecule has 1 aromatic rings. The number of rotatable bonds is 1. The zero-order valence-electron chi connectivity index (χ0n) is 13.0. The summed E-state index contributed by atoms with van der Waals surface area (Å²) >= 11 is 0. The van der Waals surface area contributed by atoms with Gasteiger partial charge >= 0.3 is 0 Å². The van der Waals surface area contributed by atoms with Crippen LogP contribution in [0.15, 0.2) is 24.3 Å². The van der Waals surface area contributed by atoms with Gasteiger partial charge in [0.25, 0.3) is 0 Å². The molecule has 2 N–H and O–H groups in total. The van der Waals surface area contributed by atoms with E-state index in [1.807, 2.05) is 17.0 Å². The summed E-state index contributed by atoms with van der Waals surface area (Å²) in [5.41, 5.74) is 8.61. The van der Waals surface area contributed by atoms with E-state index < -0.39 is 0 Å². The van der Waals surface area contributed by atoms with E-state index in [1.165, 1.54) is 11.1 Å². The molecule has 1 heterocycles. The number of carbonyl (C=O) groups excluding carboxylic acids is 1. The molecule has 0 spiro atoms. The number of hydrogen-bond acceptors (Lipinski definition) is 2. The molecule has 3 nitrogen and oxygen atoms in total. The van der Waals surface area contributed by atoms with Crippen LogP contribution in [-0.2, 0) is 4.79 Å². The fourth-order valence-electron chi connectivity index (χ4n) is 3.19. The first-order valence-electron chi connectivity index (χ1n) is 7.45. The summed E-state index contributed by atoms with van der Waals surface area (Å²) in [6.45, 7) is 8.37. The monoisotopic (exact) mass is 274 g/mol. The minimum atomic E-state index is -0.216. The van der Waals surface area contributed by atoms with Crippen LogP contribution < -0.4 is 5.73 Å². The lowest BCUT2D eigenvalue weighted by molar-refractivity contribution is -0.139. The molecule has 0 bridgehead atoms. The third kappa shape index (κ3) is 2.88. The van der Waals surface area contributed by atoms with E-state index in [2.05, 4.69) is 39.8 Å². The Morgan fingerprint density at radius 1 is 1.25 bits per heavy atom. The van der Waals surface area contributed by atoms with E-state index in [0.717, 1.165) is 12.8 Å². The molecule has 1 aliphatic heterocycles. The van der Waals surface area contributed by atoms with Gasteiger partial charge in [0.2, 0.25) is 5.91 Å². The molecule has 0 aliphatic carbocycles. The Morgan fingerprint density at radius 3 is 2.50 bits per heavy atom. The summed E-state index contributed by atoms with van der Waals surface area (Å²) in [4.78, 5) is 14.6. The molecule has 2 unspecified atom stereocenters. The summed E-state index contributed by atoms with van der Waals surface area (Å²) < 4.78 is 0. The second-order valence-corrected chi connectivity index (χ2v) is 6.79. The van der Waals surface area contributed by atoms with E-state index >= 15 is 0 Å². The minimum absolute atomic E-state index is 0.00164. The zero-order valence-corrected chi connectivity index (χ0v) is 13.0. The van der Waals surface area contributed by atoms with Crippen LogP contribution in [0.4, 0.5) is 0 Å². The first kappa shape index (κ1) is 15.0. The number of likely N-dealkylation sites (tertiary alicyclic amines) is 1. The normalized spacial score (nSPS) is 24.6. The van der Waals surface area contributed by atoms with Gasteiger partial charge in [-0.3, -0.25) is 4.79 Å². The van der Waals surface area contributed by atoms with Crippen molar-refractivity contribution in [3.8, 4) is 0 Å². The third-order valence-corrected chi connectivity index (χ3v) is 4.11. The lowest BCUT2D eigenvalue weighted by atomic mass is 9.90. The molecular weight excluding hydrogens is 248 g/mol. The Kier molecular flexibility index (Phi) is 4.19. The summed E-state index contributed by atoms with van der Waals surface area (Å²) in [6.07, 6.45) is 2.39. The van der Waals surface area contributed by atoms with Gasteiger partial charge in [0, 0.05) is 18.0 Å². The highest BCUT2D eigenvalue weighted by molar-refractivity contribution is 5.78. The summed E-state index contributed by atoms with van der Waals surface area (Å²) in [5, 5.41) is 0. The molecule has 0 saturated carbocycles. The van der Waals surface area contributed by atoms with Crippen molar-refractivity contribution in [2.45, 2.75) is 64.6 Å². The van der Waals surface area contributed by atoms with Gasteiger partial charge in [0.15, 0.2) is 0 Å². The first-order valence-corrected chi connectivity index (χ1v) is 7.45. The maximum atomic E-state index is 12.6. The highest BCUT2D eigenvalue weighted by atomic mass is 16.2. The smallest absolute Gasteiger partial charge is 0.223 e. The standard InChI is InChI=1S/C17H26N2O/c1-12-8-5-6-9-13(12)16-14(18)10-7-11-15(20)19(16)17(2,3)4/h5-6,8-9,14,16H,7,10-11,18H2,1-4H3. The van der Waals surface area contributed by atoms with Gasteiger partial charge in [-0.2, -0.15) is 0 Å². The molecule has 0 radical (unpaired) electrons. The Morgan fingerprint density at radius 2 is 1.90 bits per heavy atom. The number of amides is 1. The van der Waals surface area contributed by atoms with Crippen molar-refractivity contribution in [2.24, 2.45) is 5.73 Å². The van der Waals surface area contributed by atoms with Crippen molar-refractivity contribution in [3.63, 3.8) is 0 Å². The number of hydrogen-bond donors (Lipinski definition) is 1. The molecular formula is C17H26N2O. The molecule has 3 heteroatoms. The number of benzene rings is 1. The highest BCUT2D eigenvalue weighted by Crippen LogP contribution is 2.36. The van der Waals surface area contributed by atoms with Gasteiger partial charge in [0.1, 0.15) is 0 Å². The van der Waals surface area contributed by atoms with Crippen LogP contribution in [0, 0.1) is 6.92 Å². The maximum Gasteiger partial charge on any atom is 0.223 e. The van der Waals surface area contributed by atoms with Crippen molar-refractivity contribution in [3.05, 3.63) is 35.4 Å². The van der Waals surface area contributed by atoms with Crippen molar-refractivity contribution in [2.75, 3.05) is 0 Å². The van der Waals surface area contributed by atoms with E-state index in [4.69, 9.17) is 5.73 Å². The van der Waals surface area contributed by atoms with Crippen LogP contribution in [-0.4, -0.2) is 22.4 Å². The fraction of sp³-hybridized carbons (Fsp3) is 0.588. The largest absolute Gasteiger partial charge is 0.329 e. The van der Waals surface area contributed by atoms with Crippen LogP contribution in [0.1, 0.15) is 57.2 Å². The summed E-state index contributed by atoms with van der Waals surface area (Å²) in [5.74, 6) is 0.221. The molecule has 1 aliphatic rings. The lowest BCUT2D eigenvalue weighted by Gasteiger charge is -2.43. The fourth-order valence-corrected chi connectivity index (χ4v) is 3.19. The molecule has 1 aromatic carbocycles. The van der Waals surface area contributed by atoms with Gasteiger partial charge in [-0.25, -0.2) is 0 Å². The Bertz CT molecular complexity index is 490. The van der Waals surface area contributed by atoms with Crippen molar-refractivity contribution in [1.82, 2.24) is 4.90 Å². The molecule has 2 atom stereocenters. The Labute approximate surface area is 122 Å². The third-order valence-electron chi connectivity index (χ3n) is 4.11. The molecule has 1 fully saturated rings. The predicted octanol–water partition coefficient (Wildman–Crippen LogP) is 3.17. The Hall–Kier alpha value is -1.35. The van der Waals surface area contributed by atoms with Crippen molar-refractivity contribution >= 4 is 5.91 Å². The average Bonchev–Trinajstić information content (AvgIpc) is 2.48.